The van der Waals surface area contributed by atoms with Gasteiger partial charge in [-0.2, -0.15) is 0 Å². The Balaban J connectivity index is 2.62. The van der Waals surface area contributed by atoms with E-state index in [0.717, 1.165) is 23.1 Å². The highest BCUT2D eigenvalue weighted by molar-refractivity contribution is 5.98. The van der Waals surface area contributed by atoms with Crippen LogP contribution < -0.4 is 5.32 Å². The van der Waals surface area contributed by atoms with Gasteiger partial charge < -0.3 is 5.32 Å². The number of hydrogen-bond acceptors (Lipinski definition) is 1. The van der Waals surface area contributed by atoms with Gasteiger partial charge in [0.1, 0.15) is 0 Å². The van der Waals surface area contributed by atoms with Crippen LogP contribution in [0.25, 0.3) is 11.8 Å². The van der Waals surface area contributed by atoms with Crippen LogP contribution in [-0.4, -0.2) is 5.91 Å². The van der Waals surface area contributed by atoms with Crippen molar-refractivity contribution in [3.8, 4) is 0 Å². The minimum atomic E-state index is -0.0734. The molecule has 1 aromatic rings. The summed E-state index contributed by atoms with van der Waals surface area (Å²) in [4.78, 5) is 12.2. The second-order valence-corrected chi connectivity index (χ2v) is 5.14. The summed E-state index contributed by atoms with van der Waals surface area (Å²) in [5.41, 5.74) is 4.04. The molecule has 2 atom stereocenters. The minimum absolute atomic E-state index is 0.0734. The highest BCUT2D eigenvalue weighted by Crippen LogP contribution is 2.37. The minimum Gasteiger partial charge on any atom is -0.326 e. The van der Waals surface area contributed by atoms with Gasteiger partial charge in [-0.05, 0) is 24.0 Å². The Hall–Kier alpha value is -1.83. The lowest BCUT2D eigenvalue weighted by Crippen LogP contribution is -2.36. The number of benzene rings is 1. The maximum Gasteiger partial charge on any atom is 0.232 e. The molecule has 0 saturated heterocycles. The Morgan fingerprint density at radius 1 is 1.47 bits per heavy atom. The summed E-state index contributed by atoms with van der Waals surface area (Å²) in [5.74, 6) is 0.327. The van der Waals surface area contributed by atoms with Crippen molar-refractivity contribution in [2.75, 3.05) is 0 Å². The van der Waals surface area contributed by atoms with Crippen molar-refractivity contribution < 1.29 is 4.79 Å². The predicted molar refractivity (Wildman–Crippen MR) is 80.5 cm³/mol. The third kappa shape index (κ3) is 2.35. The first-order chi connectivity index (χ1) is 9.10. The van der Waals surface area contributed by atoms with Gasteiger partial charge in [-0.3, -0.25) is 4.79 Å². The molecular formula is C17H21NO. The van der Waals surface area contributed by atoms with Crippen molar-refractivity contribution in [3.05, 3.63) is 47.5 Å². The Morgan fingerprint density at radius 3 is 2.84 bits per heavy atom. The van der Waals surface area contributed by atoms with Crippen molar-refractivity contribution >= 4 is 17.7 Å². The molecule has 0 aliphatic carbocycles. The SMILES string of the molecule is C=C1NC(=O)C(C(C)CC)c2cccc(/C=C\C)c21. The number of carbonyl (C=O) groups excluding carboxylic acids is 1. The first-order valence-electron chi connectivity index (χ1n) is 6.85. The smallest absolute Gasteiger partial charge is 0.232 e. The van der Waals surface area contributed by atoms with Gasteiger partial charge in [0.15, 0.2) is 0 Å². The first kappa shape index (κ1) is 13.6. The van der Waals surface area contributed by atoms with Crippen molar-refractivity contribution in [1.29, 1.82) is 0 Å². The van der Waals surface area contributed by atoms with Gasteiger partial charge in [0.05, 0.1) is 5.92 Å². The first-order valence-corrected chi connectivity index (χ1v) is 6.85. The molecule has 0 spiro atoms. The Morgan fingerprint density at radius 2 is 2.21 bits per heavy atom. The Kier molecular flexibility index (Phi) is 3.89. The van der Waals surface area contributed by atoms with E-state index in [2.05, 4.69) is 44.0 Å². The van der Waals surface area contributed by atoms with E-state index >= 15 is 0 Å². The number of nitrogens with one attached hydrogen (secondary N) is 1. The fourth-order valence-electron chi connectivity index (χ4n) is 2.75. The summed E-state index contributed by atoms with van der Waals surface area (Å²) in [5, 5.41) is 2.93. The number of hydrogen-bond donors (Lipinski definition) is 1. The molecule has 0 fully saturated rings. The highest BCUT2D eigenvalue weighted by atomic mass is 16.2. The van der Waals surface area contributed by atoms with E-state index < -0.39 is 0 Å². The van der Waals surface area contributed by atoms with Crippen LogP contribution in [0.5, 0.6) is 0 Å². The van der Waals surface area contributed by atoms with E-state index in [1.807, 2.05) is 19.1 Å². The fourth-order valence-corrected chi connectivity index (χ4v) is 2.75. The molecule has 100 valence electrons. The largest absolute Gasteiger partial charge is 0.326 e. The van der Waals surface area contributed by atoms with E-state index in [0.29, 0.717) is 11.6 Å². The molecule has 1 amide bonds. The summed E-state index contributed by atoms with van der Waals surface area (Å²) < 4.78 is 0. The quantitative estimate of drug-likeness (QED) is 0.870. The van der Waals surface area contributed by atoms with Crippen molar-refractivity contribution in [2.45, 2.75) is 33.1 Å². The standard InChI is InChI=1S/C17H21NO/c1-5-8-13-9-7-10-14-15(11(3)6-2)17(19)18-12(4)16(13)14/h5,7-11,15H,4,6H2,1-3H3,(H,18,19)/b8-5-. The molecule has 1 aromatic carbocycles. The van der Waals surface area contributed by atoms with Gasteiger partial charge in [0.25, 0.3) is 0 Å². The van der Waals surface area contributed by atoms with E-state index in [1.165, 1.54) is 0 Å². The summed E-state index contributed by atoms with van der Waals surface area (Å²) in [6.07, 6.45) is 5.06. The highest BCUT2D eigenvalue weighted by Gasteiger charge is 2.33. The molecule has 2 unspecified atom stereocenters. The van der Waals surface area contributed by atoms with Crippen LogP contribution in [0, 0.1) is 5.92 Å². The lowest BCUT2D eigenvalue weighted by molar-refractivity contribution is -0.122. The number of amides is 1. The van der Waals surface area contributed by atoms with Crippen LogP contribution in [0.3, 0.4) is 0 Å². The molecule has 0 aromatic heterocycles. The van der Waals surface area contributed by atoms with Crippen LogP contribution in [0.15, 0.2) is 30.9 Å². The molecule has 19 heavy (non-hydrogen) atoms. The van der Waals surface area contributed by atoms with Gasteiger partial charge in [-0.1, -0.05) is 57.2 Å². The van der Waals surface area contributed by atoms with E-state index in [9.17, 15) is 4.79 Å². The van der Waals surface area contributed by atoms with E-state index in [1.54, 1.807) is 0 Å². The molecule has 2 heteroatoms. The van der Waals surface area contributed by atoms with Crippen LogP contribution in [0.1, 0.15) is 49.8 Å². The van der Waals surface area contributed by atoms with E-state index in [-0.39, 0.29) is 11.8 Å². The van der Waals surface area contributed by atoms with Crippen molar-refractivity contribution in [2.24, 2.45) is 5.92 Å². The Labute approximate surface area is 115 Å². The molecule has 0 bridgehead atoms. The van der Waals surface area contributed by atoms with Crippen LogP contribution in [0.4, 0.5) is 0 Å². The van der Waals surface area contributed by atoms with Gasteiger partial charge >= 0.3 is 0 Å². The normalized spacial score (nSPS) is 20.3. The van der Waals surface area contributed by atoms with Crippen LogP contribution >= 0.6 is 0 Å². The summed E-state index contributed by atoms with van der Waals surface area (Å²) in [6, 6.07) is 6.15. The van der Waals surface area contributed by atoms with Gasteiger partial charge in [-0.25, -0.2) is 0 Å². The summed E-state index contributed by atoms with van der Waals surface area (Å²) >= 11 is 0. The summed E-state index contributed by atoms with van der Waals surface area (Å²) in [6.45, 7) is 10.2. The molecule has 1 aliphatic rings. The number of rotatable bonds is 3. The number of allylic oxidation sites excluding steroid dienone is 1. The average molecular weight is 255 g/mol. The fraction of sp³-hybridized carbons (Fsp3) is 0.353. The molecule has 2 rings (SSSR count). The molecular weight excluding hydrogens is 234 g/mol. The lowest BCUT2D eigenvalue weighted by atomic mass is 9.78. The zero-order chi connectivity index (χ0) is 14.0. The maximum absolute atomic E-state index is 12.2. The number of fused-ring (bicyclic) bond motifs is 1. The predicted octanol–water partition coefficient (Wildman–Crippen LogP) is 3.95. The number of carbonyl (C=O) groups is 1. The zero-order valence-corrected chi connectivity index (χ0v) is 11.9. The average Bonchev–Trinajstić information content (AvgIpc) is 2.38. The second-order valence-electron chi connectivity index (χ2n) is 5.14. The molecule has 1 N–H and O–H groups in total. The Bertz CT molecular complexity index is 542. The van der Waals surface area contributed by atoms with Crippen LogP contribution in [-0.2, 0) is 4.79 Å². The van der Waals surface area contributed by atoms with Gasteiger partial charge in [-0.15, -0.1) is 0 Å². The maximum atomic E-state index is 12.2. The third-order valence-corrected chi connectivity index (χ3v) is 3.88. The summed E-state index contributed by atoms with van der Waals surface area (Å²) in [7, 11) is 0. The molecule has 0 saturated carbocycles. The monoisotopic (exact) mass is 255 g/mol. The third-order valence-electron chi connectivity index (χ3n) is 3.88. The zero-order valence-electron chi connectivity index (χ0n) is 11.9. The molecule has 1 aliphatic heterocycles. The van der Waals surface area contributed by atoms with Crippen molar-refractivity contribution in [3.63, 3.8) is 0 Å². The van der Waals surface area contributed by atoms with E-state index in [4.69, 9.17) is 0 Å². The molecule has 2 nitrogen and oxygen atoms in total. The van der Waals surface area contributed by atoms with Gasteiger partial charge in [0, 0.05) is 11.3 Å². The van der Waals surface area contributed by atoms with Gasteiger partial charge in [0.2, 0.25) is 5.91 Å². The molecule has 0 radical (unpaired) electrons. The molecule has 1 heterocycles. The topological polar surface area (TPSA) is 29.1 Å². The van der Waals surface area contributed by atoms with Crippen molar-refractivity contribution in [1.82, 2.24) is 5.32 Å². The van der Waals surface area contributed by atoms with Crippen LogP contribution in [0.2, 0.25) is 0 Å². The lowest BCUT2D eigenvalue weighted by Gasteiger charge is -2.31. The second kappa shape index (κ2) is 5.43.